The molecule has 0 saturated carbocycles. The van der Waals surface area contributed by atoms with E-state index in [0.717, 1.165) is 37.1 Å². The minimum atomic E-state index is -0.567. The van der Waals surface area contributed by atoms with E-state index in [1.807, 2.05) is 37.3 Å². The van der Waals surface area contributed by atoms with E-state index in [9.17, 15) is 9.59 Å². The summed E-state index contributed by atoms with van der Waals surface area (Å²) in [5.74, 6) is 1.09. The highest BCUT2D eigenvalue weighted by Gasteiger charge is 2.43. The molecular weight excluding hydrogens is 456 g/mol. The Balaban J connectivity index is 1.83. The molecule has 0 bridgehead atoms. The number of carbonyl (C=O) groups excluding carboxylic acids is 1. The molecule has 0 spiro atoms. The summed E-state index contributed by atoms with van der Waals surface area (Å²) >= 11 is 0. The minimum Gasteiger partial charge on any atom is -0.493 e. The van der Waals surface area contributed by atoms with Crippen molar-refractivity contribution in [2.24, 2.45) is 0 Å². The number of carbonyl (C=O) groups is 1. The third-order valence-corrected chi connectivity index (χ3v) is 6.93. The molecule has 1 aliphatic rings. The van der Waals surface area contributed by atoms with E-state index >= 15 is 0 Å². The Hall–Kier alpha value is -3.32. The number of aryl methyl sites for hydroxylation is 1. The second kappa shape index (κ2) is 11.2. The largest absolute Gasteiger partial charge is 0.493 e. The van der Waals surface area contributed by atoms with Gasteiger partial charge in [0.2, 0.25) is 5.76 Å². The lowest BCUT2D eigenvalue weighted by Crippen LogP contribution is -2.37. The first-order valence-electron chi connectivity index (χ1n) is 12.8. The van der Waals surface area contributed by atoms with Gasteiger partial charge in [-0.15, -0.1) is 0 Å². The number of hydrogen-bond donors (Lipinski definition) is 0. The first-order valence-corrected chi connectivity index (χ1v) is 12.8. The lowest BCUT2D eigenvalue weighted by molar-refractivity contribution is 0.0708. The van der Waals surface area contributed by atoms with Gasteiger partial charge in [0.15, 0.2) is 16.9 Å². The lowest BCUT2D eigenvalue weighted by Gasteiger charge is -2.28. The van der Waals surface area contributed by atoms with E-state index in [2.05, 4.69) is 25.7 Å². The number of fused-ring (bicyclic) bond motifs is 2. The molecule has 1 amide bonds. The second-order valence-electron chi connectivity index (χ2n) is 9.21. The van der Waals surface area contributed by atoms with Crippen LogP contribution in [-0.4, -0.2) is 55.6 Å². The normalized spacial score (nSPS) is 15.1. The number of rotatable bonds is 11. The Morgan fingerprint density at radius 3 is 2.50 bits per heavy atom. The van der Waals surface area contributed by atoms with E-state index in [-0.39, 0.29) is 17.1 Å². The maximum Gasteiger partial charge on any atom is 0.290 e. The van der Waals surface area contributed by atoms with Gasteiger partial charge in [-0.2, -0.15) is 0 Å². The molecule has 3 aromatic rings. The highest BCUT2D eigenvalue weighted by Crippen LogP contribution is 2.41. The fraction of sp³-hybridized carbons (Fsp3) is 0.448. The molecule has 0 fully saturated rings. The van der Waals surface area contributed by atoms with Crippen LogP contribution < -0.4 is 14.9 Å². The molecule has 1 unspecified atom stereocenters. The summed E-state index contributed by atoms with van der Waals surface area (Å²) in [5.41, 5.74) is 2.41. The smallest absolute Gasteiger partial charge is 0.290 e. The van der Waals surface area contributed by atoms with Gasteiger partial charge in [-0.1, -0.05) is 44.9 Å². The van der Waals surface area contributed by atoms with Crippen LogP contribution in [-0.2, 0) is 0 Å². The number of unbranched alkanes of at least 4 members (excludes halogenated alkanes) is 1. The molecule has 0 radical (unpaired) electrons. The molecule has 1 aliphatic heterocycles. The lowest BCUT2D eigenvalue weighted by atomic mass is 9.97. The molecule has 4 rings (SSSR count). The van der Waals surface area contributed by atoms with Crippen LogP contribution in [0.3, 0.4) is 0 Å². The molecule has 7 heteroatoms. The monoisotopic (exact) mass is 492 g/mol. The quantitative estimate of drug-likeness (QED) is 0.344. The van der Waals surface area contributed by atoms with Gasteiger partial charge < -0.3 is 23.7 Å². The SMILES string of the molecule is CCCCOc1ccc(C2c3c(oc4ccc(C)cc4c3=O)C(=O)N2CCN(CC)CC)cc1OC. The first kappa shape index (κ1) is 25.8. The molecule has 0 aliphatic carbocycles. The highest BCUT2D eigenvalue weighted by molar-refractivity contribution is 5.99. The topological polar surface area (TPSA) is 72.2 Å². The van der Waals surface area contributed by atoms with Crippen LogP contribution in [0.1, 0.15) is 66.9 Å². The van der Waals surface area contributed by atoms with Crippen LogP contribution in [0, 0.1) is 6.92 Å². The van der Waals surface area contributed by atoms with Gasteiger partial charge in [-0.25, -0.2) is 0 Å². The molecule has 0 saturated heterocycles. The van der Waals surface area contributed by atoms with Gasteiger partial charge in [0.25, 0.3) is 5.91 Å². The van der Waals surface area contributed by atoms with Crippen molar-refractivity contribution in [3.8, 4) is 11.5 Å². The molecule has 7 nitrogen and oxygen atoms in total. The van der Waals surface area contributed by atoms with Gasteiger partial charge in [0.1, 0.15) is 5.58 Å². The average Bonchev–Trinajstić information content (AvgIpc) is 3.17. The number of methoxy groups -OCH3 is 1. The maximum atomic E-state index is 13.8. The number of likely N-dealkylation sites (N-methyl/N-ethyl adjacent to an activating group) is 1. The number of ether oxygens (including phenoxy) is 2. The Bertz CT molecular complexity index is 1290. The van der Waals surface area contributed by atoms with Crippen molar-refractivity contribution in [1.29, 1.82) is 0 Å². The minimum absolute atomic E-state index is 0.128. The van der Waals surface area contributed by atoms with Crippen molar-refractivity contribution in [1.82, 2.24) is 9.80 Å². The average molecular weight is 493 g/mol. The van der Waals surface area contributed by atoms with Crippen molar-refractivity contribution in [2.45, 2.75) is 46.6 Å². The summed E-state index contributed by atoms with van der Waals surface area (Å²) in [6, 6.07) is 10.6. The zero-order valence-corrected chi connectivity index (χ0v) is 21.9. The summed E-state index contributed by atoms with van der Waals surface area (Å²) in [6.45, 7) is 11.8. The van der Waals surface area contributed by atoms with Gasteiger partial charge in [-0.05, 0) is 56.3 Å². The first-order chi connectivity index (χ1) is 17.4. The Kier molecular flexibility index (Phi) is 7.99. The zero-order chi connectivity index (χ0) is 25.8. The molecule has 2 aromatic carbocycles. The number of hydrogen-bond acceptors (Lipinski definition) is 6. The number of benzene rings is 2. The predicted molar refractivity (Wildman–Crippen MR) is 141 cm³/mol. The van der Waals surface area contributed by atoms with E-state index < -0.39 is 6.04 Å². The van der Waals surface area contributed by atoms with E-state index in [1.54, 1.807) is 18.1 Å². The van der Waals surface area contributed by atoms with Crippen LogP contribution >= 0.6 is 0 Å². The maximum absolute atomic E-state index is 13.8. The third-order valence-electron chi connectivity index (χ3n) is 6.93. The Morgan fingerprint density at radius 1 is 1.03 bits per heavy atom. The molecule has 192 valence electrons. The van der Waals surface area contributed by atoms with Crippen molar-refractivity contribution >= 4 is 16.9 Å². The molecule has 1 aromatic heterocycles. The summed E-state index contributed by atoms with van der Waals surface area (Å²) in [4.78, 5) is 31.4. The van der Waals surface area contributed by atoms with Gasteiger partial charge in [0.05, 0.1) is 30.7 Å². The van der Waals surface area contributed by atoms with Crippen molar-refractivity contribution in [3.05, 3.63) is 69.1 Å². The van der Waals surface area contributed by atoms with Crippen molar-refractivity contribution in [2.75, 3.05) is 39.9 Å². The molecule has 1 atom stereocenters. The van der Waals surface area contributed by atoms with Crippen molar-refractivity contribution < 1.29 is 18.7 Å². The van der Waals surface area contributed by atoms with Crippen molar-refractivity contribution in [3.63, 3.8) is 0 Å². The molecule has 2 heterocycles. The summed E-state index contributed by atoms with van der Waals surface area (Å²) in [5, 5.41) is 0.489. The summed E-state index contributed by atoms with van der Waals surface area (Å²) in [6.07, 6.45) is 1.98. The standard InChI is InChI=1S/C29H36N2O5/c1-6-9-16-35-23-13-11-20(18-24(23)34-5)26-25-27(32)21-17-19(4)10-12-22(21)36-28(25)29(33)31(26)15-14-30(7-2)8-3/h10-13,17-18,26H,6-9,14-16H2,1-5H3. The summed E-state index contributed by atoms with van der Waals surface area (Å²) in [7, 11) is 1.60. The van der Waals surface area contributed by atoms with Gasteiger partial charge in [0, 0.05) is 13.1 Å². The summed E-state index contributed by atoms with van der Waals surface area (Å²) < 4.78 is 17.6. The van der Waals surface area contributed by atoms with Crippen LogP contribution in [0.25, 0.3) is 11.0 Å². The molecule has 36 heavy (non-hydrogen) atoms. The fourth-order valence-electron chi connectivity index (χ4n) is 4.80. The van der Waals surface area contributed by atoms with Crippen LogP contribution in [0.4, 0.5) is 0 Å². The number of amides is 1. The zero-order valence-electron chi connectivity index (χ0n) is 21.9. The highest BCUT2D eigenvalue weighted by atomic mass is 16.5. The van der Waals surface area contributed by atoms with E-state index in [0.29, 0.717) is 47.7 Å². The van der Waals surface area contributed by atoms with Gasteiger partial charge >= 0.3 is 0 Å². The second-order valence-corrected chi connectivity index (χ2v) is 9.21. The van der Waals surface area contributed by atoms with E-state index in [1.165, 1.54) is 0 Å². The van der Waals surface area contributed by atoms with Crippen LogP contribution in [0.2, 0.25) is 0 Å². The van der Waals surface area contributed by atoms with E-state index in [4.69, 9.17) is 13.9 Å². The molecular formula is C29H36N2O5. The van der Waals surface area contributed by atoms with Gasteiger partial charge in [-0.3, -0.25) is 9.59 Å². The Labute approximate surface area is 212 Å². The predicted octanol–water partition coefficient (Wildman–Crippen LogP) is 5.18. The fourth-order valence-corrected chi connectivity index (χ4v) is 4.80. The van der Waals surface area contributed by atoms with Crippen LogP contribution in [0.15, 0.2) is 45.6 Å². The number of nitrogens with zero attached hydrogens (tertiary/aromatic N) is 2. The Morgan fingerprint density at radius 2 is 1.81 bits per heavy atom. The van der Waals surface area contributed by atoms with Crippen LogP contribution in [0.5, 0.6) is 11.5 Å². The molecule has 0 N–H and O–H groups in total. The third kappa shape index (κ3) is 4.85.